The molecule has 1 rings (SSSR count). The molecule has 4 N–H and O–H groups in total. The topological polar surface area (TPSA) is 92.4 Å². The smallest absolute Gasteiger partial charge is 0.326 e. The van der Waals surface area contributed by atoms with E-state index in [9.17, 15) is 9.59 Å². The first-order valence-corrected chi connectivity index (χ1v) is 6.31. The number of aliphatic carboxylic acids is 1. The molecule has 1 amide bonds. The number of nitrogens with two attached hydrogens (primary N) is 1. The molecule has 0 saturated heterocycles. The summed E-state index contributed by atoms with van der Waals surface area (Å²) in [4.78, 5) is 23.1. The van der Waals surface area contributed by atoms with E-state index in [-0.39, 0.29) is 5.92 Å². The molecule has 19 heavy (non-hydrogen) atoms. The molecule has 0 radical (unpaired) electrons. The third-order valence-corrected chi connectivity index (χ3v) is 3.22. The van der Waals surface area contributed by atoms with Crippen molar-refractivity contribution < 1.29 is 14.7 Å². The summed E-state index contributed by atoms with van der Waals surface area (Å²) in [6, 6.07) is 7.11. The third-order valence-electron chi connectivity index (χ3n) is 3.22. The molecule has 104 valence electrons. The fourth-order valence-electron chi connectivity index (χ4n) is 1.74. The van der Waals surface area contributed by atoms with E-state index in [0.29, 0.717) is 12.0 Å². The molecule has 0 aliphatic carbocycles. The van der Waals surface area contributed by atoms with E-state index < -0.39 is 24.0 Å². The Morgan fingerprint density at radius 3 is 2.37 bits per heavy atom. The molecular formula is C14H20N2O3. The normalized spacial score (nSPS) is 15.3. The van der Waals surface area contributed by atoms with Crippen LogP contribution in [0.15, 0.2) is 30.3 Å². The predicted octanol–water partition coefficient (Wildman–Crippen LogP) is 1.30. The molecule has 2 unspecified atom stereocenters. The maximum Gasteiger partial charge on any atom is 0.326 e. The SMILES string of the molecule is CCC(C)[C@H](NC(=O)C(N)c1ccccc1)C(=O)O. The Bertz CT molecular complexity index is 434. The lowest BCUT2D eigenvalue weighted by atomic mass is 9.98. The zero-order chi connectivity index (χ0) is 14.4. The van der Waals surface area contributed by atoms with Crippen LogP contribution in [-0.2, 0) is 9.59 Å². The van der Waals surface area contributed by atoms with Crippen LogP contribution >= 0.6 is 0 Å². The highest BCUT2D eigenvalue weighted by Crippen LogP contribution is 2.12. The summed E-state index contributed by atoms with van der Waals surface area (Å²) in [5.74, 6) is -1.66. The highest BCUT2D eigenvalue weighted by Gasteiger charge is 2.27. The van der Waals surface area contributed by atoms with Gasteiger partial charge in [0.25, 0.3) is 0 Å². The van der Waals surface area contributed by atoms with Gasteiger partial charge in [-0.1, -0.05) is 50.6 Å². The number of amides is 1. The number of benzene rings is 1. The molecule has 0 aromatic heterocycles. The van der Waals surface area contributed by atoms with Crippen LogP contribution in [0.1, 0.15) is 31.9 Å². The van der Waals surface area contributed by atoms with Gasteiger partial charge in [-0.25, -0.2) is 4.79 Å². The second-order valence-electron chi connectivity index (χ2n) is 4.60. The van der Waals surface area contributed by atoms with Crippen molar-refractivity contribution in [2.75, 3.05) is 0 Å². The van der Waals surface area contributed by atoms with Gasteiger partial charge in [-0.2, -0.15) is 0 Å². The molecule has 1 aromatic rings. The Morgan fingerprint density at radius 2 is 1.89 bits per heavy atom. The van der Waals surface area contributed by atoms with Crippen molar-refractivity contribution in [3.05, 3.63) is 35.9 Å². The second-order valence-corrected chi connectivity index (χ2v) is 4.60. The number of carboxylic acids is 1. The van der Waals surface area contributed by atoms with E-state index >= 15 is 0 Å². The third kappa shape index (κ3) is 4.06. The molecule has 0 bridgehead atoms. The van der Waals surface area contributed by atoms with Gasteiger partial charge in [0.2, 0.25) is 5.91 Å². The number of hydrogen-bond acceptors (Lipinski definition) is 3. The number of carbonyl (C=O) groups is 2. The summed E-state index contributed by atoms with van der Waals surface area (Å²) in [7, 11) is 0. The zero-order valence-corrected chi connectivity index (χ0v) is 11.2. The van der Waals surface area contributed by atoms with Gasteiger partial charge in [0.15, 0.2) is 0 Å². The molecule has 5 heteroatoms. The summed E-state index contributed by atoms with van der Waals surface area (Å²) in [5.41, 5.74) is 6.48. The minimum atomic E-state index is -1.04. The van der Waals surface area contributed by atoms with Gasteiger partial charge in [0.1, 0.15) is 12.1 Å². The van der Waals surface area contributed by atoms with Crippen LogP contribution in [0.25, 0.3) is 0 Å². The first-order chi connectivity index (χ1) is 8.97. The van der Waals surface area contributed by atoms with E-state index in [4.69, 9.17) is 10.8 Å². The molecule has 3 atom stereocenters. The Labute approximate surface area is 112 Å². The van der Waals surface area contributed by atoms with Gasteiger partial charge < -0.3 is 16.2 Å². The van der Waals surface area contributed by atoms with Crippen molar-refractivity contribution in [3.63, 3.8) is 0 Å². The lowest BCUT2D eigenvalue weighted by molar-refractivity contribution is -0.143. The number of carbonyl (C=O) groups excluding carboxylic acids is 1. The molecular weight excluding hydrogens is 244 g/mol. The van der Waals surface area contributed by atoms with Crippen molar-refractivity contribution in [3.8, 4) is 0 Å². The summed E-state index contributed by atoms with van der Waals surface area (Å²) < 4.78 is 0. The fraction of sp³-hybridized carbons (Fsp3) is 0.429. The standard InChI is InChI=1S/C14H20N2O3/c1-3-9(2)12(14(18)19)16-13(17)11(15)10-7-5-4-6-8-10/h4-9,11-12H,3,15H2,1-2H3,(H,16,17)(H,18,19)/t9?,11?,12-/m0/s1. The zero-order valence-electron chi connectivity index (χ0n) is 11.2. The molecule has 0 heterocycles. The predicted molar refractivity (Wildman–Crippen MR) is 72.4 cm³/mol. The summed E-state index contributed by atoms with van der Waals surface area (Å²) in [6.45, 7) is 3.66. The van der Waals surface area contributed by atoms with Crippen LogP contribution < -0.4 is 11.1 Å². The maximum absolute atomic E-state index is 12.0. The number of hydrogen-bond donors (Lipinski definition) is 3. The lowest BCUT2D eigenvalue weighted by Gasteiger charge is -2.22. The van der Waals surface area contributed by atoms with Gasteiger partial charge in [-0.15, -0.1) is 0 Å². The van der Waals surface area contributed by atoms with Crippen LogP contribution in [0.2, 0.25) is 0 Å². The van der Waals surface area contributed by atoms with Crippen LogP contribution in [0.3, 0.4) is 0 Å². The maximum atomic E-state index is 12.0. The minimum absolute atomic E-state index is 0.149. The molecule has 1 aromatic carbocycles. The second kappa shape index (κ2) is 6.89. The molecule has 0 spiro atoms. The van der Waals surface area contributed by atoms with Gasteiger partial charge in [0.05, 0.1) is 0 Å². The molecule has 5 nitrogen and oxygen atoms in total. The van der Waals surface area contributed by atoms with E-state index in [1.165, 1.54) is 0 Å². The fourth-order valence-corrected chi connectivity index (χ4v) is 1.74. The number of rotatable bonds is 6. The first kappa shape index (κ1) is 15.2. The summed E-state index contributed by atoms with van der Waals surface area (Å²) in [5, 5.41) is 11.6. The highest BCUT2D eigenvalue weighted by molar-refractivity contribution is 5.87. The van der Waals surface area contributed by atoms with Crippen molar-refractivity contribution >= 4 is 11.9 Å². The molecule has 0 aliphatic rings. The number of carboxylic acid groups (broad SMARTS) is 1. The number of nitrogens with one attached hydrogen (secondary N) is 1. The van der Waals surface area contributed by atoms with Crippen LogP contribution in [0.4, 0.5) is 0 Å². The first-order valence-electron chi connectivity index (χ1n) is 6.31. The Kier molecular flexibility index (Phi) is 5.51. The van der Waals surface area contributed by atoms with Gasteiger partial charge >= 0.3 is 5.97 Å². The van der Waals surface area contributed by atoms with Crippen molar-refractivity contribution in [2.45, 2.75) is 32.4 Å². The average molecular weight is 264 g/mol. The Balaban J connectivity index is 2.75. The van der Waals surface area contributed by atoms with Gasteiger partial charge in [-0.05, 0) is 11.5 Å². The molecule has 0 saturated carbocycles. The monoisotopic (exact) mass is 264 g/mol. The highest BCUT2D eigenvalue weighted by atomic mass is 16.4. The van der Waals surface area contributed by atoms with Crippen LogP contribution in [0.5, 0.6) is 0 Å². The average Bonchev–Trinajstić information content (AvgIpc) is 2.43. The van der Waals surface area contributed by atoms with Gasteiger partial charge in [-0.3, -0.25) is 4.79 Å². The lowest BCUT2D eigenvalue weighted by Crippen LogP contribution is -2.48. The van der Waals surface area contributed by atoms with Crippen LogP contribution in [0, 0.1) is 5.92 Å². The largest absolute Gasteiger partial charge is 0.480 e. The molecule has 0 aliphatic heterocycles. The van der Waals surface area contributed by atoms with Gasteiger partial charge in [0, 0.05) is 0 Å². The van der Waals surface area contributed by atoms with Crippen molar-refractivity contribution in [1.82, 2.24) is 5.32 Å². The summed E-state index contributed by atoms with van der Waals surface area (Å²) in [6.07, 6.45) is 0.665. The van der Waals surface area contributed by atoms with Crippen LogP contribution in [-0.4, -0.2) is 23.0 Å². The van der Waals surface area contributed by atoms with Crippen molar-refractivity contribution in [1.29, 1.82) is 0 Å². The van der Waals surface area contributed by atoms with E-state index in [0.717, 1.165) is 0 Å². The quantitative estimate of drug-likeness (QED) is 0.722. The molecule has 0 fully saturated rings. The van der Waals surface area contributed by atoms with E-state index in [1.54, 1.807) is 31.2 Å². The van der Waals surface area contributed by atoms with E-state index in [1.807, 2.05) is 13.0 Å². The van der Waals surface area contributed by atoms with E-state index in [2.05, 4.69) is 5.32 Å². The Hall–Kier alpha value is -1.88. The van der Waals surface area contributed by atoms with Crippen molar-refractivity contribution in [2.24, 2.45) is 11.7 Å². The summed E-state index contributed by atoms with van der Waals surface area (Å²) >= 11 is 0. The Morgan fingerprint density at radius 1 is 1.32 bits per heavy atom. The minimum Gasteiger partial charge on any atom is -0.480 e.